The summed E-state index contributed by atoms with van der Waals surface area (Å²) in [6.07, 6.45) is 3.42. The lowest BCUT2D eigenvalue weighted by atomic mass is 9.80. The Morgan fingerprint density at radius 2 is 2.00 bits per heavy atom. The van der Waals surface area contributed by atoms with Crippen LogP contribution >= 0.6 is 0 Å². The highest BCUT2D eigenvalue weighted by Gasteiger charge is 2.54. The molecule has 2 fully saturated rings. The molecule has 9 heteroatoms. The van der Waals surface area contributed by atoms with Gasteiger partial charge in [0.05, 0.1) is 12.0 Å². The summed E-state index contributed by atoms with van der Waals surface area (Å²) in [6.45, 7) is 2.45. The molecule has 0 amide bonds. The van der Waals surface area contributed by atoms with Gasteiger partial charge in [0, 0.05) is 32.7 Å². The molecule has 156 valence electrons. The molecule has 1 saturated carbocycles. The lowest BCUT2D eigenvalue weighted by molar-refractivity contribution is 0.243. The molecule has 1 saturated heterocycles. The molecule has 30 heavy (non-hydrogen) atoms. The largest absolute Gasteiger partial charge is 0.368 e. The number of nitrogen functional groups attached to an aromatic ring is 1. The van der Waals surface area contributed by atoms with E-state index in [-0.39, 0.29) is 11.4 Å². The maximum absolute atomic E-state index is 5.90. The number of likely N-dealkylation sites (tertiary alicyclic amines) is 1. The van der Waals surface area contributed by atoms with Crippen molar-refractivity contribution in [3.05, 3.63) is 42.0 Å². The molecule has 1 aliphatic heterocycles. The quantitative estimate of drug-likeness (QED) is 0.681. The van der Waals surface area contributed by atoms with E-state index >= 15 is 0 Å². The van der Waals surface area contributed by atoms with Crippen LogP contribution in [0.4, 0.5) is 11.9 Å². The molecule has 2 aliphatic rings. The van der Waals surface area contributed by atoms with Gasteiger partial charge in [0.25, 0.3) is 0 Å². The number of aromatic nitrogens is 5. The molecule has 0 bridgehead atoms. The second-order valence-corrected chi connectivity index (χ2v) is 8.51. The fourth-order valence-corrected chi connectivity index (χ4v) is 4.89. The first-order valence-electron chi connectivity index (χ1n) is 10.3. The molecule has 0 unspecified atom stereocenters. The Labute approximate surface area is 175 Å². The van der Waals surface area contributed by atoms with Crippen LogP contribution in [0.3, 0.4) is 0 Å². The minimum atomic E-state index is -0.0943. The molecule has 1 aliphatic carbocycles. The number of hydrogen-bond acceptors (Lipinski definition) is 9. The van der Waals surface area contributed by atoms with Crippen molar-refractivity contribution < 1.29 is 4.52 Å². The van der Waals surface area contributed by atoms with E-state index in [1.807, 2.05) is 49.3 Å². The van der Waals surface area contributed by atoms with Gasteiger partial charge in [-0.1, -0.05) is 41.9 Å². The summed E-state index contributed by atoms with van der Waals surface area (Å²) in [6, 6.07) is 9.98. The Bertz CT molecular complexity index is 1040. The fraction of sp³-hybridized carbons (Fsp3) is 0.476. The van der Waals surface area contributed by atoms with Crippen molar-refractivity contribution in [3.63, 3.8) is 0 Å². The predicted octanol–water partition coefficient (Wildman–Crippen LogP) is 2.12. The van der Waals surface area contributed by atoms with Gasteiger partial charge in [-0.25, -0.2) is 0 Å². The third kappa shape index (κ3) is 3.28. The van der Waals surface area contributed by atoms with Gasteiger partial charge in [-0.2, -0.15) is 19.9 Å². The van der Waals surface area contributed by atoms with E-state index in [0.717, 1.165) is 31.0 Å². The summed E-state index contributed by atoms with van der Waals surface area (Å²) in [5.74, 6) is 3.43. The van der Waals surface area contributed by atoms with Crippen LogP contribution in [0.2, 0.25) is 0 Å². The first-order chi connectivity index (χ1) is 14.5. The minimum absolute atomic E-state index is 0.0943. The van der Waals surface area contributed by atoms with Crippen molar-refractivity contribution in [2.75, 3.05) is 37.8 Å². The van der Waals surface area contributed by atoms with E-state index in [4.69, 9.17) is 15.2 Å². The summed E-state index contributed by atoms with van der Waals surface area (Å²) in [4.78, 5) is 22.1. The van der Waals surface area contributed by atoms with Crippen LogP contribution in [0.5, 0.6) is 0 Å². The molecule has 2 N–H and O–H groups in total. The van der Waals surface area contributed by atoms with Crippen LogP contribution in [-0.2, 0) is 12.0 Å². The number of fused-ring (bicyclic) bond motifs is 1. The molecule has 1 aromatic carbocycles. The molecule has 2 atom stereocenters. The lowest BCUT2D eigenvalue weighted by Crippen LogP contribution is -2.32. The van der Waals surface area contributed by atoms with Crippen LogP contribution in [0, 0.1) is 5.92 Å². The predicted molar refractivity (Wildman–Crippen MR) is 113 cm³/mol. The summed E-state index contributed by atoms with van der Waals surface area (Å²) >= 11 is 0. The molecule has 3 aromatic rings. The van der Waals surface area contributed by atoms with Crippen LogP contribution in [-0.4, -0.2) is 57.2 Å². The highest BCUT2D eigenvalue weighted by Crippen LogP contribution is 2.50. The number of anilines is 2. The Morgan fingerprint density at radius 3 is 2.80 bits per heavy atom. The van der Waals surface area contributed by atoms with E-state index in [2.05, 4.69) is 25.0 Å². The smallest absolute Gasteiger partial charge is 0.234 e. The number of hydrogen-bond donors (Lipinski definition) is 1. The van der Waals surface area contributed by atoms with Gasteiger partial charge in [-0.3, -0.25) is 4.90 Å². The molecular formula is C21H26N8O. The Morgan fingerprint density at radius 1 is 1.17 bits per heavy atom. The van der Waals surface area contributed by atoms with Crippen LogP contribution < -0.4 is 10.6 Å². The van der Waals surface area contributed by atoms with Gasteiger partial charge < -0.3 is 15.2 Å². The molecule has 5 rings (SSSR count). The van der Waals surface area contributed by atoms with Gasteiger partial charge in [0.1, 0.15) is 5.82 Å². The zero-order chi connectivity index (χ0) is 20.7. The highest BCUT2D eigenvalue weighted by atomic mass is 16.5. The Hall–Kier alpha value is -3.07. The summed E-state index contributed by atoms with van der Waals surface area (Å²) in [5, 5.41) is 4.28. The number of nitrogens with zero attached hydrogens (tertiary/aromatic N) is 7. The molecule has 0 spiro atoms. The summed E-state index contributed by atoms with van der Waals surface area (Å²) < 4.78 is 5.82. The summed E-state index contributed by atoms with van der Waals surface area (Å²) in [7, 11) is 3.79. The zero-order valence-corrected chi connectivity index (χ0v) is 17.3. The van der Waals surface area contributed by atoms with Crippen molar-refractivity contribution in [1.29, 1.82) is 0 Å². The van der Waals surface area contributed by atoms with E-state index in [0.29, 0.717) is 30.1 Å². The molecule has 3 heterocycles. The van der Waals surface area contributed by atoms with Gasteiger partial charge in [0.15, 0.2) is 0 Å². The topological polar surface area (TPSA) is 110 Å². The zero-order valence-electron chi connectivity index (χ0n) is 17.3. The van der Waals surface area contributed by atoms with Crippen molar-refractivity contribution >= 4 is 11.9 Å². The fourth-order valence-electron chi connectivity index (χ4n) is 4.89. The minimum Gasteiger partial charge on any atom is -0.368 e. The normalized spacial score (nSPS) is 23.6. The van der Waals surface area contributed by atoms with Gasteiger partial charge in [0.2, 0.25) is 23.6 Å². The van der Waals surface area contributed by atoms with E-state index in [1.165, 1.54) is 12.8 Å². The van der Waals surface area contributed by atoms with Crippen molar-refractivity contribution in [1.82, 2.24) is 30.0 Å². The number of benzene rings is 1. The maximum Gasteiger partial charge on any atom is 0.234 e. The van der Waals surface area contributed by atoms with E-state index < -0.39 is 0 Å². The highest BCUT2D eigenvalue weighted by molar-refractivity contribution is 5.53. The Kier molecular flexibility index (Phi) is 4.62. The molecule has 9 nitrogen and oxygen atoms in total. The molecule has 0 radical (unpaired) electrons. The van der Waals surface area contributed by atoms with E-state index in [9.17, 15) is 0 Å². The van der Waals surface area contributed by atoms with Crippen molar-refractivity contribution in [2.45, 2.75) is 31.2 Å². The van der Waals surface area contributed by atoms with Gasteiger partial charge in [-0.05, 0) is 18.8 Å². The van der Waals surface area contributed by atoms with Crippen LogP contribution in [0.15, 0.2) is 34.9 Å². The molecular weight excluding hydrogens is 380 g/mol. The average molecular weight is 406 g/mol. The average Bonchev–Trinajstić information content (AvgIpc) is 3.42. The third-order valence-corrected chi connectivity index (χ3v) is 6.28. The second-order valence-electron chi connectivity index (χ2n) is 8.51. The van der Waals surface area contributed by atoms with Crippen molar-refractivity contribution in [2.24, 2.45) is 5.92 Å². The van der Waals surface area contributed by atoms with Gasteiger partial charge >= 0.3 is 0 Å². The SMILES string of the molecule is CN(C)c1nc(N)nc(CN2C[C@H]3CCC[C@@]3(c3nc(-c4ccccc4)no3)C2)n1. The maximum atomic E-state index is 5.90. The van der Waals surface area contributed by atoms with Crippen LogP contribution in [0.25, 0.3) is 11.4 Å². The molecule has 2 aromatic heterocycles. The number of rotatable bonds is 5. The summed E-state index contributed by atoms with van der Waals surface area (Å²) in [5.41, 5.74) is 6.78. The standard InChI is InChI=1S/C21H26N8O/c1-28(2)20-24-16(23-19(22)26-20)12-29-11-15-9-6-10-21(15,13-29)18-25-17(27-30-18)14-7-4-3-5-8-14/h3-5,7-8,15H,6,9-13H2,1-2H3,(H2,22,23,24,26)/t15-,21-/m1/s1. The lowest BCUT2D eigenvalue weighted by Gasteiger charge is -2.24. The van der Waals surface area contributed by atoms with E-state index in [1.54, 1.807) is 0 Å². The van der Waals surface area contributed by atoms with Gasteiger partial charge in [-0.15, -0.1) is 0 Å². The third-order valence-electron chi connectivity index (χ3n) is 6.28. The first kappa shape index (κ1) is 18.9. The first-order valence-corrected chi connectivity index (χ1v) is 10.3. The second kappa shape index (κ2) is 7.32. The monoisotopic (exact) mass is 406 g/mol. The van der Waals surface area contributed by atoms with Crippen molar-refractivity contribution in [3.8, 4) is 11.4 Å². The van der Waals surface area contributed by atoms with Crippen LogP contribution in [0.1, 0.15) is 31.0 Å². The number of nitrogens with two attached hydrogens (primary N) is 1. The Balaban J connectivity index is 1.39.